The van der Waals surface area contributed by atoms with Gasteiger partial charge in [-0.05, 0) is 25.0 Å². The van der Waals surface area contributed by atoms with Crippen molar-refractivity contribution in [2.75, 3.05) is 0 Å². The maximum absolute atomic E-state index is 11.5. The number of para-hydroxylation sites is 1. The predicted molar refractivity (Wildman–Crippen MR) is 79.2 cm³/mol. The van der Waals surface area contributed by atoms with Gasteiger partial charge in [-0.3, -0.25) is 4.79 Å². The molecule has 104 valence electrons. The van der Waals surface area contributed by atoms with Crippen LogP contribution >= 0.6 is 0 Å². The highest BCUT2D eigenvalue weighted by Gasteiger charge is 2.00. The van der Waals surface area contributed by atoms with Crippen molar-refractivity contribution < 1.29 is 9.53 Å². The molecule has 0 saturated heterocycles. The van der Waals surface area contributed by atoms with E-state index < -0.39 is 0 Å². The van der Waals surface area contributed by atoms with Crippen LogP contribution in [0.5, 0.6) is 5.75 Å². The summed E-state index contributed by atoms with van der Waals surface area (Å²) in [6.45, 7) is 2.22. The Hall–Kier alpha value is -1.57. The summed E-state index contributed by atoms with van der Waals surface area (Å²) in [4.78, 5) is 11.5. The molecule has 0 fully saturated rings. The molecule has 0 saturated carbocycles. The molecular formula is C17H24O2. The molecule has 19 heavy (non-hydrogen) atoms. The molecule has 0 bridgehead atoms. The Balaban J connectivity index is 2.06. The molecule has 0 aliphatic carbocycles. The van der Waals surface area contributed by atoms with Gasteiger partial charge in [0.1, 0.15) is 5.75 Å². The first kappa shape index (κ1) is 15.5. The van der Waals surface area contributed by atoms with Gasteiger partial charge in [-0.15, -0.1) is 0 Å². The van der Waals surface area contributed by atoms with Gasteiger partial charge >= 0.3 is 5.97 Å². The molecule has 0 radical (unpaired) electrons. The maximum atomic E-state index is 11.5. The van der Waals surface area contributed by atoms with E-state index in [1.54, 1.807) is 12.1 Å². The highest BCUT2D eigenvalue weighted by molar-refractivity contribution is 5.73. The molecular weight excluding hydrogens is 236 g/mol. The molecule has 2 heteroatoms. The van der Waals surface area contributed by atoms with Crippen LogP contribution in [0.25, 0.3) is 0 Å². The minimum Gasteiger partial charge on any atom is -0.426 e. The lowest BCUT2D eigenvalue weighted by Crippen LogP contribution is -2.05. The standard InChI is InChI=1S/C17H24O2/c1-2-3-4-5-6-7-8-12-15-17(18)19-16-13-10-9-11-14-16/h8-14H,2-7,15H2,1H3/b12-8+. The van der Waals surface area contributed by atoms with E-state index in [-0.39, 0.29) is 5.97 Å². The zero-order valence-electron chi connectivity index (χ0n) is 11.8. The molecule has 1 aromatic rings. The summed E-state index contributed by atoms with van der Waals surface area (Å²) < 4.78 is 5.18. The summed E-state index contributed by atoms with van der Waals surface area (Å²) in [5.41, 5.74) is 0. The first-order valence-corrected chi connectivity index (χ1v) is 7.23. The quantitative estimate of drug-likeness (QED) is 0.273. The number of carbonyl (C=O) groups is 1. The Morgan fingerprint density at radius 2 is 1.79 bits per heavy atom. The SMILES string of the molecule is CCCCCCC/C=C/CC(=O)Oc1ccccc1. The average molecular weight is 260 g/mol. The molecule has 0 amide bonds. The first-order chi connectivity index (χ1) is 9.33. The third kappa shape index (κ3) is 8.20. The molecule has 0 N–H and O–H groups in total. The van der Waals surface area contributed by atoms with E-state index >= 15 is 0 Å². The number of carbonyl (C=O) groups excluding carboxylic acids is 1. The Labute approximate surface area is 116 Å². The number of benzene rings is 1. The van der Waals surface area contributed by atoms with Crippen LogP contribution in [0.1, 0.15) is 51.9 Å². The van der Waals surface area contributed by atoms with Crippen molar-refractivity contribution >= 4 is 5.97 Å². The van der Waals surface area contributed by atoms with E-state index in [0.29, 0.717) is 12.2 Å². The zero-order chi connectivity index (χ0) is 13.8. The lowest BCUT2D eigenvalue weighted by atomic mass is 10.1. The number of ether oxygens (including phenoxy) is 1. The third-order valence-corrected chi connectivity index (χ3v) is 2.90. The molecule has 0 atom stereocenters. The van der Waals surface area contributed by atoms with Crippen LogP contribution in [0.4, 0.5) is 0 Å². The number of allylic oxidation sites excluding steroid dienone is 1. The summed E-state index contributed by atoms with van der Waals surface area (Å²) in [5.74, 6) is 0.411. The maximum Gasteiger partial charge on any atom is 0.315 e. The molecule has 0 unspecified atom stereocenters. The van der Waals surface area contributed by atoms with Crippen molar-refractivity contribution in [1.82, 2.24) is 0 Å². The predicted octanol–water partition coefficient (Wildman–Crippen LogP) is 4.90. The molecule has 0 heterocycles. The monoisotopic (exact) mass is 260 g/mol. The van der Waals surface area contributed by atoms with Crippen molar-refractivity contribution in [3.8, 4) is 5.75 Å². The van der Waals surface area contributed by atoms with Crippen LogP contribution in [0.15, 0.2) is 42.5 Å². The summed E-state index contributed by atoms with van der Waals surface area (Å²) in [6, 6.07) is 9.18. The van der Waals surface area contributed by atoms with Crippen molar-refractivity contribution in [2.45, 2.75) is 51.9 Å². The van der Waals surface area contributed by atoms with Gasteiger partial charge in [0.05, 0.1) is 6.42 Å². The van der Waals surface area contributed by atoms with E-state index in [1.807, 2.05) is 24.3 Å². The van der Waals surface area contributed by atoms with Crippen molar-refractivity contribution in [3.63, 3.8) is 0 Å². The third-order valence-electron chi connectivity index (χ3n) is 2.90. The largest absolute Gasteiger partial charge is 0.426 e. The van der Waals surface area contributed by atoms with Crippen LogP contribution in [0.2, 0.25) is 0 Å². The minimum atomic E-state index is -0.201. The molecule has 0 aliphatic rings. The number of hydrogen-bond acceptors (Lipinski definition) is 2. The van der Waals surface area contributed by atoms with Gasteiger partial charge in [-0.25, -0.2) is 0 Å². The Kier molecular flexibility index (Phi) is 8.45. The Morgan fingerprint density at radius 1 is 1.05 bits per heavy atom. The Morgan fingerprint density at radius 3 is 2.53 bits per heavy atom. The van der Waals surface area contributed by atoms with Crippen LogP contribution in [0, 0.1) is 0 Å². The summed E-state index contributed by atoms with van der Waals surface area (Å²) >= 11 is 0. The van der Waals surface area contributed by atoms with Crippen LogP contribution in [-0.2, 0) is 4.79 Å². The molecule has 0 aliphatic heterocycles. The van der Waals surface area contributed by atoms with Gasteiger partial charge < -0.3 is 4.74 Å². The molecule has 1 aromatic carbocycles. The fourth-order valence-electron chi connectivity index (χ4n) is 1.82. The van der Waals surface area contributed by atoms with Crippen molar-refractivity contribution in [2.24, 2.45) is 0 Å². The highest BCUT2D eigenvalue weighted by atomic mass is 16.5. The second kappa shape index (κ2) is 10.4. The van der Waals surface area contributed by atoms with Crippen LogP contribution in [0.3, 0.4) is 0 Å². The second-order valence-corrected chi connectivity index (χ2v) is 4.67. The lowest BCUT2D eigenvalue weighted by molar-refractivity contribution is -0.133. The lowest BCUT2D eigenvalue weighted by Gasteiger charge is -2.01. The van der Waals surface area contributed by atoms with Gasteiger partial charge in [0.25, 0.3) is 0 Å². The molecule has 0 aromatic heterocycles. The zero-order valence-corrected chi connectivity index (χ0v) is 11.8. The second-order valence-electron chi connectivity index (χ2n) is 4.67. The first-order valence-electron chi connectivity index (χ1n) is 7.23. The summed E-state index contributed by atoms with van der Waals surface area (Å²) in [7, 11) is 0. The fourth-order valence-corrected chi connectivity index (χ4v) is 1.82. The molecule has 2 nitrogen and oxygen atoms in total. The van der Waals surface area contributed by atoms with Crippen molar-refractivity contribution in [3.05, 3.63) is 42.5 Å². The van der Waals surface area contributed by atoms with E-state index in [4.69, 9.17) is 4.74 Å². The highest BCUT2D eigenvalue weighted by Crippen LogP contribution is 2.09. The van der Waals surface area contributed by atoms with Gasteiger partial charge in [0.15, 0.2) is 0 Å². The number of esters is 1. The van der Waals surface area contributed by atoms with E-state index in [2.05, 4.69) is 13.0 Å². The summed E-state index contributed by atoms with van der Waals surface area (Å²) in [5, 5.41) is 0. The fraction of sp³-hybridized carbons (Fsp3) is 0.471. The smallest absolute Gasteiger partial charge is 0.315 e. The molecule has 1 rings (SSSR count). The average Bonchev–Trinajstić information content (AvgIpc) is 2.43. The normalized spacial score (nSPS) is 10.8. The van der Waals surface area contributed by atoms with Crippen molar-refractivity contribution in [1.29, 1.82) is 0 Å². The van der Waals surface area contributed by atoms with Gasteiger partial charge in [0, 0.05) is 0 Å². The van der Waals surface area contributed by atoms with Crippen LogP contribution < -0.4 is 4.74 Å². The van der Waals surface area contributed by atoms with E-state index in [9.17, 15) is 4.79 Å². The number of unbranched alkanes of at least 4 members (excludes halogenated alkanes) is 5. The number of rotatable bonds is 9. The van der Waals surface area contributed by atoms with Gasteiger partial charge in [-0.2, -0.15) is 0 Å². The Bertz CT molecular complexity index is 368. The van der Waals surface area contributed by atoms with E-state index in [0.717, 1.165) is 6.42 Å². The topological polar surface area (TPSA) is 26.3 Å². The summed E-state index contributed by atoms with van der Waals surface area (Å²) in [6.07, 6.45) is 11.8. The van der Waals surface area contributed by atoms with Gasteiger partial charge in [0.2, 0.25) is 0 Å². The molecule has 0 spiro atoms. The number of hydrogen-bond donors (Lipinski definition) is 0. The van der Waals surface area contributed by atoms with Gasteiger partial charge in [-0.1, -0.05) is 63.0 Å². The van der Waals surface area contributed by atoms with E-state index in [1.165, 1.54) is 32.1 Å². The minimum absolute atomic E-state index is 0.201. The van der Waals surface area contributed by atoms with Crippen LogP contribution in [-0.4, -0.2) is 5.97 Å².